The molecule has 0 saturated carbocycles. The van der Waals surface area contributed by atoms with Crippen LogP contribution in [0.5, 0.6) is 0 Å². The second-order valence-electron chi connectivity index (χ2n) is 5.12. The first-order valence-electron chi connectivity index (χ1n) is 6.98. The van der Waals surface area contributed by atoms with Gasteiger partial charge in [-0.25, -0.2) is 0 Å². The maximum atomic E-state index is 12.7. The Hall–Kier alpha value is -2.09. The van der Waals surface area contributed by atoms with Crippen LogP contribution in [0, 0.1) is 13.8 Å². The number of amides is 1. The first-order chi connectivity index (χ1) is 9.56. The van der Waals surface area contributed by atoms with Gasteiger partial charge in [0.1, 0.15) is 0 Å². The highest BCUT2D eigenvalue weighted by Gasteiger charge is 2.18. The van der Waals surface area contributed by atoms with Gasteiger partial charge in [-0.15, -0.1) is 0 Å². The highest BCUT2D eigenvalue weighted by Crippen LogP contribution is 2.26. The Labute approximate surface area is 121 Å². The van der Waals surface area contributed by atoms with E-state index in [-0.39, 0.29) is 5.91 Å². The third-order valence-electron chi connectivity index (χ3n) is 3.72. The van der Waals surface area contributed by atoms with E-state index in [9.17, 15) is 4.79 Å². The van der Waals surface area contributed by atoms with Gasteiger partial charge in [0.25, 0.3) is 5.91 Å². The van der Waals surface area contributed by atoms with E-state index >= 15 is 0 Å². The van der Waals surface area contributed by atoms with Crippen LogP contribution in [0.2, 0.25) is 0 Å². The van der Waals surface area contributed by atoms with Crippen molar-refractivity contribution >= 4 is 11.6 Å². The predicted octanol–water partition coefficient (Wildman–Crippen LogP) is 4.14. The molecular weight excluding hydrogens is 246 g/mol. The Morgan fingerprint density at radius 3 is 2.30 bits per heavy atom. The fourth-order valence-electron chi connectivity index (χ4n) is 2.58. The van der Waals surface area contributed by atoms with E-state index < -0.39 is 0 Å². The van der Waals surface area contributed by atoms with Gasteiger partial charge < -0.3 is 4.90 Å². The second-order valence-corrected chi connectivity index (χ2v) is 5.12. The van der Waals surface area contributed by atoms with Gasteiger partial charge >= 0.3 is 0 Å². The molecule has 0 radical (unpaired) electrons. The molecule has 0 N–H and O–H groups in total. The fraction of sp³-hybridized carbons (Fsp3) is 0.278. The molecule has 20 heavy (non-hydrogen) atoms. The molecule has 2 aromatic rings. The van der Waals surface area contributed by atoms with Crippen LogP contribution in [-0.4, -0.2) is 13.0 Å². The summed E-state index contributed by atoms with van der Waals surface area (Å²) in [6.45, 7) is 6.14. The number of nitrogens with zero attached hydrogens (tertiary/aromatic N) is 1. The molecule has 0 aliphatic heterocycles. The summed E-state index contributed by atoms with van der Waals surface area (Å²) in [5, 5.41) is 0. The molecule has 0 saturated heterocycles. The maximum Gasteiger partial charge on any atom is 0.258 e. The number of carbonyl (C=O) groups is 1. The summed E-state index contributed by atoms with van der Waals surface area (Å²) in [6.07, 6.45) is 0.919. The van der Waals surface area contributed by atoms with E-state index in [1.807, 2.05) is 44.3 Å². The Bertz CT molecular complexity index is 631. The number of rotatable bonds is 3. The van der Waals surface area contributed by atoms with Crippen LogP contribution in [0.15, 0.2) is 42.5 Å². The SMILES string of the molecule is CCc1cccc(C)c1N(C)C(=O)c1ccccc1C. The molecule has 0 atom stereocenters. The van der Waals surface area contributed by atoms with Crippen molar-refractivity contribution in [1.29, 1.82) is 0 Å². The molecule has 0 aliphatic rings. The summed E-state index contributed by atoms with van der Waals surface area (Å²) in [5.41, 5.74) is 5.14. The van der Waals surface area contributed by atoms with E-state index in [2.05, 4.69) is 26.0 Å². The van der Waals surface area contributed by atoms with Crippen molar-refractivity contribution in [2.45, 2.75) is 27.2 Å². The molecular formula is C18H21NO. The van der Waals surface area contributed by atoms with Crippen LogP contribution in [-0.2, 0) is 6.42 Å². The number of para-hydroxylation sites is 1. The molecule has 0 unspecified atom stereocenters. The van der Waals surface area contributed by atoms with Crippen molar-refractivity contribution in [3.8, 4) is 0 Å². The van der Waals surface area contributed by atoms with Gasteiger partial charge in [-0.1, -0.05) is 43.3 Å². The minimum atomic E-state index is 0.0482. The Kier molecular flexibility index (Phi) is 4.23. The summed E-state index contributed by atoms with van der Waals surface area (Å²) in [5.74, 6) is 0.0482. The third-order valence-corrected chi connectivity index (χ3v) is 3.72. The average molecular weight is 267 g/mol. The lowest BCUT2D eigenvalue weighted by Crippen LogP contribution is -2.28. The van der Waals surface area contributed by atoms with Crippen molar-refractivity contribution in [1.82, 2.24) is 0 Å². The molecule has 0 fully saturated rings. The van der Waals surface area contributed by atoms with Crippen molar-refractivity contribution in [2.24, 2.45) is 0 Å². The quantitative estimate of drug-likeness (QED) is 0.818. The van der Waals surface area contributed by atoms with Crippen LogP contribution < -0.4 is 4.90 Å². The zero-order valence-electron chi connectivity index (χ0n) is 12.6. The first kappa shape index (κ1) is 14.3. The van der Waals surface area contributed by atoms with Gasteiger partial charge in [-0.3, -0.25) is 4.79 Å². The van der Waals surface area contributed by atoms with Crippen LogP contribution in [0.4, 0.5) is 5.69 Å². The first-order valence-corrected chi connectivity index (χ1v) is 6.98. The number of carbonyl (C=O) groups excluding carboxylic acids is 1. The van der Waals surface area contributed by atoms with Crippen molar-refractivity contribution in [2.75, 3.05) is 11.9 Å². The predicted molar refractivity (Wildman–Crippen MR) is 84.5 cm³/mol. The van der Waals surface area contributed by atoms with Crippen molar-refractivity contribution < 1.29 is 4.79 Å². The summed E-state index contributed by atoms with van der Waals surface area (Å²) < 4.78 is 0. The minimum Gasteiger partial charge on any atom is -0.311 e. The summed E-state index contributed by atoms with van der Waals surface area (Å²) >= 11 is 0. The lowest BCUT2D eigenvalue weighted by molar-refractivity contribution is 0.0992. The Balaban J connectivity index is 2.44. The molecule has 2 aromatic carbocycles. The molecule has 0 heterocycles. The maximum absolute atomic E-state index is 12.7. The standard InChI is InChI=1S/C18H21NO/c1-5-15-11-8-10-14(3)17(15)19(4)18(20)16-12-7-6-9-13(16)2/h6-12H,5H2,1-4H3. The topological polar surface area (TPSA) is 20.3 Å². The largest absolute Gasteiger partial charge is 0.311 e. The Morgan fingerprint density at radius 2 is 1.65 bits per heavy atom. The van der Waals surface area contributed by atoms with E-state index in [4.69, 9.17) is 0 Å². The van der Waals surface area contributed by atoms with Crippen LogP contribution in [0.1, 0.15) is 34.0 Å². The highest BCUT2D eigenvalue weighted by molar-refractivity contribution is 6.07. The second kappa shape index (κ2) is 5.91. The van der Waals surface area contributed by atoms with Gasteiger partial charge in [-0.2, -0.15) is 0 Å². The number of anilines is 1. The van der Waals surface area contributed by atoms with E-state index in [0.717, 1.165) is 28.8 Å². The fourth-order valence-corrected chi connectivity index (χ4v) is 2.58. The van der Waals surface area contributed by atoms with Crippen LogP contribution in [0.3, 0.4) is 0 Å². The number of benzene rings is 2. The number of hydrogen-bond acceptors (Lipinski definition) is 1. The molecule has 2 nitrogen and oxygen atoms in total. The van der Waals surface area contributed by atoms with Gasteiger partial charge in [0.15, 0.2) is 0 Å². The molecule has 1 amide bonds. The molecule has 0 aromatic heterocycles. The van der Waals surface area contributed by atoms with E-state index in [1.54, 1.807) is 4.90 Å². The van der Waals surface area contributed by atoms with E-state index in [1.165, 1.54) is 5.56 Å². The average Bonchev–Trinajstić information content (AvgIpc) is 2.46. The number of hydrogen-bond donors (Lipinski definition) is 0. The molecule has 2 heteroatoms. The zero-order valence-corrected chi connectivity index (χ0v) is 12.6. The van der Waals surface area contributed by atoms with Crippen LogP contribution in [0.25, 0.3) is 0 Å². The molecule has 104 valence electrons. The zero-order chi connectivity index (χ0) is 14.7. The molecule has 0 bridgehead atoms. The van der Waals surface area contributed by atoms with Gasteiger partial charge in [0.05, 0.1) is 0 Å². The monoisotopic (exact) mass is 267 g/mol. The number of aryl methyl sites for hydroxylation is 3. The van der Waals surface area contributed by atoms with Crippen molar-refractivity contribution in [3.63, 3.8) is 0 Å². The third kappa shape index (κ3) is 2.60. The Morgan fingerprint density at radius 1 is 1.00 bits per heavy atom. The summed E-state index contributed by atoms with van der Waals surface area (Å²) in [4.78, 5) is 14.5. The van der Waals surface area contributed by atoms with E-state index in [0.29, 0.717) is 0 Å². The molecule has 2 rings (SSSR count). The smallest absolute Gasteiger partial charge is 0.258 e. The minimum absolute atomic E-state index is 0.0482. The van der Waals surface area contributed by atoms with Gasteiger partial charge in [0.2, 0.25) is 0 Å². The normalized spacial score (nSPS) is 10.4. The highest BCUT2D eigenvalue weighted by atomic mass is 16.2. The lowest BCUT2D eigenvalue weighted by Gasteiger charge is -2.23. The molecule has 0 spiro atoms. The summed E-state index contributed by atoms with van der Waals surface area (Å²) in [7, 11) is 1.86. The lowest BCUT2D eigenvalue weighted by atomic mass is 10.0. The van der Waals surface area contributed by atoms with Crippen LogP contribution >= 0.6 is 0 Å². The van der Waals surface area contributed by atoms with Crippen molar-refractivity contribution in [3.05, 3.63) is 64.7 Å². The van der Waals surface area contributed by atoms with Gasteiger partial charge in [0, 0.05) is 18.3 Å². The summed E-state index contributed by atoms with van der Waals surface area (Å²) in [6, 6.07) is 13.9. The molecule has 0 aliphatic carbocycles. The van der Waals surface area contributed by atoms with Gasteiger partial charge in [-0.05, 0) is 43.0 Å².